The fraction of sp³-hybridized carbons (Fsp3) is 0.500. The average molecular weight is 372 g/mol. The number of carbonyl (C=O) groups excluding carboxylic acids is 1. The van der Waals surface area contributed by atoms with Gasteiger partial charge in [0.2, 0.25) is 5.96 Å². The smallest absolute Gasteiger partial charge is 0.280 e. The van der Waals surface area contributed by atoms with Gasteiger partial charge in [0.25, 0.3) is 5.91 Å². The number of benzene rings is 1. The fourth-order valence-electron chi connectivity index (χ4n) is 2.40. The molecule has 25 heavy (non-hydrogen) atoms. The molecule has 1 fully saturated rings. The predicted octanol–water partition coefficient (Wildman–Crippen LogP) is 1.40. The van der Waals surface area contributed by atoms with Gasteiger partial charge >= 0.3 is 0 Å². The summed E-state index contributed by atoms with van der Waals surface area (Å²) in [6, 6.07) is 4.05. The number of methoxy groups -OCH3 is 1. The van der Waals surface area contributed by atoms with E-state index >= 15 is 0 Å². The maximum absolute atomic E-state index is 13.6. The van der Waals surface area contributed by atoms with E-state index in [0.29, 0.717) is 12.6 Å². The first kappa shape index (κ1) is 19.6. The van der Waals surface area contributed by atoms with E-state index in [1.165, 1.54) is 12.1 Å². The van der Waals surface area contributed by atoms with Crippen LogP contribution >= 0.6 is 11.6 Å². The molecule has 1 aliphatic heterocycles. The van der Waals surface area contributed by atoms with Crippen molar-refractivity contribution in [2.45, 2.75) is 38.5 Å². The summed E-state index contributed by atoms with van der Waals surface area (Å²) in [5.74, 6) is -0.944. The molecule has 2 unspecified atom stereocenters. The number of nitrogens with one attached hydrogen (secondary N) is 4. The lowest BCUT2D eigenvalue weighted by Gasteiger charge is -2.20. The van der Waals surface area contributed by atoms with E-state index in [2.05, 4.69) is 26.5 Å². The molecular weight excluding hydrogens is 349 g/mol. The monoisotopic (exact) mass is 371 g/mol. The van der Waals surface area contributed by atoms with Crippen molar-refractivity contribution in [3.05, 3.63) is 34.6 Å². The first-order chi connectivity index (χ1) is 11.9. The highest BCUT2D eigenvalue weighted by atomic mass is 35.5. The van der Waals surface area contributed by atoms with Gasteiger partial charge in [-0.05, 0) is 38.5 Å². The Kier molecular flexibility index (Phi) is 7.12. The van der Waals surface area contributed by atoms with E-state index < -0.39 is 11.7 Å². The minimum atomic E-state index is -0.659. The maximum atomic E-state index is 13.6. The van der Waals surface area contributed by atoms with Gasteiger partial charge in [0.15, 0.2) is 0 Å². The summed E-state index contributed by atoms with van der Waals surface area (Å²) in [6.07, 6.45) is 0.717. The largest absolute Gasteiger partial charge is 0.383 e. The molecule has 2 rings (SSSR count). The number of halogens is 2. The third kappa shape index (κ3) is 5.93. The summed E-state index contributed by atoms with van der Waals surface area (Å²) in [4.78, 5) is 16.4. The minimum Gasteiger partial charge on any atom is -0.383 e. The van der Waals surface area contributed by atoms with Crippen molar-refractivity contribution >= 4 is 23.5 Å². The minimum absolute atomic E-state index is 0.0408. The number of hydrazine groups is 1. The van der Waals surface area contributed by atoms with Gasteiger partial charge in [-0.1, -0.05) is 11.6 Å². The normalized spacial score (nSPS) is 21.9. The zero-order valence-corrected chi connectivity index (χ0v) is 15.2. The second kappa shape index (κ2) is 9.10. The van der Waals surface area contributed by atoms with Gasteiger partial charge in [0.1, 0.15) is 5.82 Å². The zero-order chi connectivity index (χ0) is 18.4. The standard InChI is InChI=1S/C16H23ClFN5O2/c1-9-6-14(23-22-9)20-16(19-10(2)8-25-3)21-15(24)11-4-5-12(17)13(18)7-11/h4-5,7,9-10,14,22-23H,6,8H2,1-3H3,(H2,19,20,21,24)/t9?,10-,14?/m0/s1. The molecule has 1 aromatic rings. The van der Waals surface area contributed by atoms with Gasteiger partial charge in [0, 0.05) is 24.8 Å². The third-order valence-electron chi connectivity index (χ3n) is 3.58. The molecule has 1 saturated heterocycles. The van der Waals surface area contributed by atoms with E-state index in [0.717, 1.165) is 12.5 Å². The van der Waals surface area contributed by atoms with Crippen molar-refractivity contribution in [1.82, 2.24) is 21.5 Å². The number of nitrogens with zero attached hydrogens (tertiary/aromatic N) is 1. The molecule has 1 aromatic carbocycles. The average Bonchev–Trinajstić information content (AvgIpc) is 2.95. The number of ether oxygens (including phenoxy) is 1. The van der Waals surface area contributed by atoms with Gasteiger partial charge in [-0.25, -0.2) is 9.82 Å². The quantitative estimate of drug-likeness (QED) is 0.462. The molecule has 3 atom stereocenters. The van der Waals surface area contributed by atoms with Crippen molar-refractivity contribution < 1.29 is 13.9 Å². The van der Waals surface area contributed by atoms with Crippen molar-refractivity contribution in [3.8, 4) is 0 Å². The maximum Gasteiger partial charge on any atom is 0.280 e. The highest BCUT2D eigenvalue weighted by Gasteiger charge is 2.22. The Morgan fingerprint density at radius 1 is 1.52 bits per heavy atom. The SMILES string of the molecule is COC[C@H](C)N/C(=N/C(=O)c1ccc(Cl)c(F)c1)NC1CC(C)NN1. The van der Waals surface area contributed by atoms with Gasteiger partial charge in [-0.15, -0.1) is 0 Å². The Morgan fingerprint density at radius 3 is 2.88 bits per heavy atom. The first-order valence-electron chi connectivity index (χ1n) is 8.00. The molecule has 0 aromatic heterocycles. The van der Waals surface area contributed by atoms with Crippen molar-refractivity contribution in [1.29, 1.82) is 0 Å². The van der Waals surface area contributed by atoms with E-state index in [-0.39, 0.29) is 28.8 Å². The van der Waals surface area contributed by atoms with Crippen LogP contribution in [0, 0.1) is 5.82 Å². The predicted molar refractivity (Wildman–Crippen MR) is 94.9 cm³/mol. The topological polar surface area (TPSA) is 86.8 Å². The summed E-state index contributed by atoms with van der Waals surface area (Å²) in [7, 11) is 1.59. The molecule has 0 radical (unpaired) electrons. The second-order valence-electron chi connectivity index (χ2n) is 6.02. The number of hydrogen-bond donors (Lipinski definition) is 4. The lowest BCUT2D eigenvalue weighted by atomic mass is 10.2. The van der Waals surface area contributed by atoms with Gasteiger partial charge < -0.3 is 15.4 Å². The number of amides is 1. The van der Waals surface area contributed by atoms with Crippen LogP contribution in [-0.2, 0) is 4.74 Å². The Hall–Kier alpha value is -1.74. The Bertz CT molecular complexity index is 643. The number of aliphatic imine (C=N–C) groups is 1. The fourth-order valence-corrected chi connectivity index (χ4v) is 2.52. The highest BCUT2D eigenvalue weighted by Crippen LogP contribution is 2.16. The zero-order valence-electron chi connectivity index (χ0n) is 14.4. The molecule has 1 amide bonds. The van der Waals surface area contributed by atoms with Gasteiger partial charge in [-0.3, -0.25) is 10.2 Å². The highest BCUT2D eigenvalue weighted by molar-refractivity contribution is 6.30. The van der Waals surface area contributed by atoms with Crippen LogP contribution in [0.1, 0.15) is 30.6 Å². The van der Waals surface area contributed by atoms with Crippen molar-refractivity contribution in [2.24, 2.45) is 4.99 Å². The molecule has 0 aliphatic carbocycles. The van der Waals surface area contributed by atoms with Crippen LogP contribution in [0.2, 0.25) is 5.02 Å². The molecule has 1 heterocycles. The Labute approximate surface area is 151 Å². The molecule has 0 saturated carbocycles. The number of hydrogen-bond acceptors (Lipinski definition) is 4. The van der Waals surface area contributed by atoms with Crippen LogP contribution in [0.25, 0.3) is 0 Å². The van der Waals surface area contributed by atoms with Gasteiger partial charge in [-0.2, -0.15) is 4.99 Å². The van der Waals surface area contributed by atoms with E-state index in [1.54, 1.807) is 7.11 Å². The Morgan fingerprint density at radius 2 is 2.28 bits per heavy atom. The number of guanidine groups is 1. The lowest BCUT2D eigenvalue weighted by Crippen LogP contribution is -2.52. The molecule has 7 nitrogen and oxygen atoms in total. The summed E-state index contributed by atoms with van der Waals surface area (Å²) in [6.45, 7) is 4.38. The lowest BCUT2D eigenvalue weighted by molar-refractivity contribution is 0.100. The van der Waals surface area contributed by atoms with Gasteiger partial charge in [0.05, 0.1) is 17.8 Å². The van der Waals surface area contributed by atoms with E-state index in [1.807, 2.05) is 13.8 Å². The Balaban J connectivity index is 2.14. The molecular formula is C16H23ClFN5O2. The summed E-state index contributed by atoms with van der Waals surface area (Å²) < 4.78 is 18.6. The number of carbonyl (C=O) groups is 1. The molecule has 1 aliphatic rings. The van der Waals surface area contributed by atoms with Crippen LogP contribution in [0.4, 0.5) is 4.39 Å². The first-order valence-corrected chi connectivity index (χ1v) is 8.38. The molecule has 0 spiro atoms. The summed E-state index contributed by atoms with van der Waals surface area (Å²) in [5.41, 5.74) is 6.27. The van der Waals surface area contributed by atoms with Crippen LogP contribution in [0.5, 0.6) is 0 Å². The molecule has 138 valence electrons. The summed E-state index contributed by atoms with van der Waals surface area (Å²) >= 11 is 5.65. The number of rotatable bonds is 5. The summed E-state index contributed by atoms with van der Waals surface area (Å²) in [5, 5.41) is 6.18. The molecule has 4 N–H and O–H groups in total. The van der Waals surface area contributed by atoms with E-state index in [4.69, 9.17) is 16.3 Å². The molecule has 9 heteroatoms. The van der Waals surface area contributed by atoms with Crippen LogP contribution < -0.4 is 21.5 Å². The van der Waals surface area contributed by atoms with Crippen LogP contribution in [0.15, 0.2) is 23.2 Å². The van der Waals surface area contributed by atoms with Crippen molar-refractivity contribution in [3.63, 3.8) is 0 Å². The van der Waals surface area contributed by atoms with Crippen LogP contribution in [-0.4, -0.2) is 43.8 Å². The van der Waals surface area contributed by atoms with Crippen molar-refractivity contribution in [2.75, 3.05) is 13.7 Å². The van der Waals surface area contributed by atoms with E-state index in [9.17, 15) is 9.18 Å². The second-order valence-corrected chi connectivity index (χ2v) is 6.42. The third-order valence-corrected chi connectivity index (χ3v) is 3.89. The molecule has 0 bridgehead atoms. The van der Waals surface area contributed by atoms with Crippen LogP contribution in [0.3, 0.4) is 0 Å².